The second kappa shape index (κ2) is 9.13. The Balaban J connectivity index is 2.29. The van der Waals surface area contributed by atoms with E-state index in [9.17, 15) is 9.59 Å². The van der Waals surface area contributed by atoms with E-state index in [0.29, 0.717) is 17.9 Å². The van der Waals surface area contributed by atoms with Gasteiger partial charge < -0.3 is 23.9 Å². The number of unbranched alkanes of at least 4 members (excludes halogenated alkanes) is 1. The van der Waals surface area contributed by atoms with Crippen LogP contribution in [0.5, 0.6) is 11.5 Å². The van der Waals surface area contributed by atoms with Crippen molar-refractivity contribution in [1.82, 2.24) is 0 Å². The van der Waals surface area contributed by atoms with Gasteiger partial charge in [0, 0.05) is 18.6 Å². The monoisotopic (exact) mass is 358 g/mol. The molecule has 0 fully saturated rings. The average Bonchev–Trinajstić information content (AvgIpc) is 3.19. The van der Waals surface area contributed by atoms with Gasteiger partial charge in [-0.1, -0.05) is 0 Å². The van der Waals surface area contributed by atoms with Crippen molar-refractivity contribution < 1.29 is 28.2 Å². The number of nitriles is 1. The molecule has 1 aromatic heterocycles. The Morgan fingerprint density at radius 1 is 1.23 bits per heavy atom. The molecule has 8 heteroatoms. The molecule has 0 bridgehead atoms. The van der Waals surface area contributed by atoms with Crippen LogP contribution >= 0.6 is 0 Å². The fourth-order valence-corrected chi connectivity index (χ4v) is 2.14. The van der Waals surface area contributed by atoms with Crippen LogP contribution in [0, 0.1) is 11.3 Å². The number of esters is 1. The Labute approximate surface area is 150 Å². The first-order valence-corrected chi connectivity index (χ1v) is 7.75. The van der Waals surface area contributed by atoms with Gasteiger partial charge in [0.2, 0.25) is 0 Å². The lowest BCUT2D eigenvalue weighted by molar-refractivity contribution is 0.0502. The molecule has 0 unspecified atom stereocenters. The van der Waals surface area contributed by atoms with E-state index in [2.05, 4.69) is 5.32 Å². The summed E-state index contributed by atoms with van der Waals surface area (Å²) < 4.78 is 20.6. The maximum absolute atomic E-state index is 12.4. The predicted octanol–water partition coefficient (Wildman–Crippen LogP) is 3.01. The number of carbonyl (C=O) groups excluding carboxylic acids is 2. The van der Waals surface area contributed by atoms with E-state index in [1.54, 1.807) is 6.07 Å². The van der Waals surface area contributed by atoms with Crippen LogP contribution in [0.3, 0.4) is 0 Å². The molecule has 1 N–H and O–H groups in total. The third kappa shape index (κ3) is 4.54. The lowest BCUT2D eigenvalue weighted by Gasteiger charge is -2.15. The molecule has 0 aliphatic carbocycles. The second-order valence-corrected chi connectivity index (χ2v) is 5.08. The molecule has 0 radical (unpaired) electrons. The number of amides is 1. The van der Waals surface area contributed by atoms with E-state index >= 15 is 0 Å². The van der Waals surface area contributed by atoms with Crippen molar-refractivity contribution in [2.75, 3.05) is 26.1 Å². The molecule has 1 heterocycles. The SMILES string of the molecule is COc1cc(NC(=O)c2ccco2)c(C(=O)OCCCC#N)cc1OC. The van der Waals surface area contributed by atoms with Gasteiger partial charge in [0.15, 0.2) is 17.3 Å². The average molecular weight is 358 g/mol. The van der Waals surface area contributed by atoms with E-state index in [1.807, 2.05) is 6.07 Å². The summed E-state index contributed by atoms with van der Waals surface area (Å²) in [7, 11) is 2.87. The van der Waals surface area contributed by atoms with E-state index < -0.39 is 11.9 Å². The van der Waals surface area contributed by atoms with Crippen LogP contribution in [0.2, 0.25) is 0 Å². The number of carbonyl (C=O) groups is 2. The Hall–Kier alpha value is -3.47. The van der Waals surface area contributed by atoms with Crippen molar-refractivity contribution in [3.8, 4) is 17.6 Å². The summed E-state index contributed by atoms with van der Waals surface area (Å²) >= 11 is 0. The molecular weight excluding hydrogens is 340 g/mol. The first-order valence-electron chi connectivity index (χ1n) is 7.75. The van der Waals surface area contributed by atoms with Crippen LogP contribution in [0.4, 0.5) is 5.69 Å². The molecule has 0 aliphatic heterocycles. The highest BCUT2D eigenvalue weighted by Gasteiger charge is 2.21. The smallest absolute Gasteiger partial charge is 0.340 e. The first-order chi connectivity index (χ1) is 12.6. The van der Waals surface area contributed by atoms with E-state index in [0.717, 1.165) is 0 Å². The maximum atomic E-state index is 12.4. The molecular formula is C18H18N2O6. The van der Waals surface area contributed by atoms with Crippen LogP contribution in [-0.2, 0) is 4.74 Å². The molecule has 0 atom stereocenters. The van der Waals surface area contributed by atoms with Gasteiger partial charge in [-0.25, -0.2) is 4.79 Å². The zero-order valence-corrected chi connectivity index (χ0v) is 14.4. The summed E-state index contributed by atoms with van der Waals surface area (Å²) in [6, 6.07) is 7.93. The van der Waals surface area contributed by atoms with Crippen LogP contribution < -0.4 is 14.8 Å². The topological polar surface area (TPSA) is 111 Å². The highest BCUT2D eigenvalue weighted by atomic mass is 16.5. The molecule has 136 valence electrons. The lowest BCUT2D eigenvalue weighted by atomic mass is 10.1. The van der Waals surface area contributed by atoms with Crippen molar-refractivity contribution in [2.24, 2.45) is 0 Å². The summed E-state index contributed by atoms with van der Waals surface area (Å²) in [6.45, 7) is 0.0896. The number of rotatable bonds is 8. The van der Waals surface area contributed by atoms with Crippen molar-refractivity contribution in [3.63, 3.8) is 0 Å². The van der Waals surface area contributed by atoms with E-state index in [4.69, 9.17) is 23.9 Å². The zero-order valence-electron chi connectivity index (χ0n) is 14.4. The van der Waals surface area contributed by atoms with Crippen LogP contribution in [-0.4, -0.2) is 32.7 Å². The number of benzene rings is 1. The van der Waals surface area contributed by atoms with Gasteiger partial charge in [-0.05, 0) is 18.6 Å². The molecule has 2 rings (SSSR count). The minimum Gasteiger partial charge on any atom is -0.493 e. The zero-order chi connectivity index (χ0) is 18.9. The van der Waals surface area contributed by atoms with E-state index in [1.165, 1.54) is 38.7 Å². The molecule has 0 saturated carbocycles. The standard InChI is InChI=1S/C18H18N2O6/c1-23-15-10-12(18(22)26-8-4-3-7-19)13(11-16(15)24-2)20-17(21)14-6-5-9-25-14/h5-6,9-11H,3-4,8H2,1-2H3,(H,20,21). The summed E-state index contributed by atoms with van der Waals surface area (Å²) in [5.74, 6) is -0.441. The van der Waals surface area contributed by atoms with Crippen molar-refractivity contribution in [1.29, 1.82) is 5.26 Å². The van der Waals surface area contributed by atoms with Gasteiger partial charge >= 0.3 is 5.97 Å². The molecule has 1 amide bonds. The Morgan fingerprint density at radius 2 is 1.96 bits per heavy atom. The lowest BCUT2D eigenvalue weighted by Crippen LogP contribution is -2.16. The molecule has 0 spiro atoms. The summed E-state index contributed by atoms with van der Waals surface area (Å²) in [5, 5.41) is 11.1. The molecule has 0 saturated heterocycles. The number of hydrogen-bond donors (Lipinski definition) is 1. The first kappa shape index (κ1) is 18.9. The number of nitrogens with zero attached hydrogens (tertiary/aromatic N) is 1. The Bertz CT molecular complexity index is 808. The quantitative estimate of drug-likeness (QED) is 0.570. The normalized spacial score (nSPS) is 9.88. The number of hydrogen-bond acceptors (Lipinski definition) is 7. The number of methoxy groups -OCH3 is 2. The maximum Gasteiger partial charge on any atom is 0.340 e. The summed E-state index contributed by atoms with van der Waals surface area (Å²) in [4.78, 5) is 24.6. The minimum absolute atomic E-state index is 0.0896. The van der Waals surface area contributed by atoms with Crippen LogP contribution in [0.15, 0.2) is 34.9 Å². The van der Waals surface area contributed by atoms with Gasteiger partial charge in [-0.2, -0.15) is 5.26 Å². The third-order valence-electron chi connectivity index (χ3n) is 3.40. The molecule has 2 aromatic rings. The van der Waals surface area contributed by atoms with Gasteiger partial charge in [-0.3, -0.25) is 4.79 Å². The molecule has 0 aliphatic rings. The van der Waals surface area contributed by atoms with Crippen LogP contribution in [0.1, 0.15) is 33.8 Å². The fourth-order valence-electron chi connectivity index (χ4n) is 2.14. The van der Waals surface area contributed by atoms with Gasteiger partial charge in [-0.15, -0.1) is 0 Å². The molecule has 8 nitrogen and oxygen atoms in total. The largest absolute Gasteiger partial charge is 0.493 e. The molecule has 26 heavy (non-hydrogen) atoms. The number of anilines is 1. The summed E-state index contributed by atoms with van der Waals surface area (Å²) in [5.41, 5.74) is 0.286. The van der Waals surface area contributed by atoms with Gasteiger partial charge in [0.25, 0.3) is 5.91 Å². The highest BCUT2D eigenvalue weighted by Crippen LogP contribution is 2.34. The van der Waals surface area contributed by atoms with Crippen molar-refractivity contribution >= 4 is 17.6 Å². The van der Waals surface area contributed by atoms with Gasteiger partial charge in [0.05, 0.1) is 44.4 Å². The number of nitrogens with one attached hydrogen (secondary N) is 1. The minimum atomic E-state index is -0.654. The van der Waals surface area contributed by atoms with Crippen molar-refractivity contribution in [3.05, 3.63) is 41.9 Å². The van der Waals surface area contributed by atoms with Crippen molar-refractivity contribution in [2.45, 2.75) is 12.8 Å². The van der Waals surface area contributed by atoms with Gasteiger partial charge in [0.1, 0.15) is 0 Å². The van der Waals surface area contributed by atoms with E-state index in [-0.39, 0.29) is 30.0 Å². The Kier molecular flexibility index (Phi) is 6.62. The highest BCUT2D eigenvalue weighted by molar-refractivity contribution is 6.07. The van der Waals surface area contributed by atoms with Crippen LogP contribution in [0.25, 0.3) is 0 Å². The second-order valence-electron chi connectivity index (χ2n) is 5.08. The number of ether oxygens (including phenoxy) is 3. The molecule has 1 aromatic carbocycles. The Morgan fingerprint density at radius 3 is 2.58 bits per heavy atom. The predicted molar refractivity (Wildman–Crippen MR) is 91.3 cm³/mol. The fraction of sp³-hybridized carbons (Fsp3) is 0.278. The number of furan rings is 1. The summed E-state index contributed by atoms with van der Waals surface area (Å²) in [6.07, 6.45) is 2.07. The third-order valence-corrected chi connectivity index (χ3v) is 3.40.